The number of piperidine rings is 3. The fourth-order valence-corrected chi connectivity index (χ4v) is 12.4. The lowest BCUT2D eigenvalue weighted by molar-refractivity contribution is -0.162. The van der Waals surface area contributed by atoms with Crippen LogP contribution in [0.5, 0.6) is 5.75 Å². The summed E-state index contributed by atoms with van der Waals surface area (Å²) in [6.07, 6.45) is 6.50. The highest BCUT2D eigenvalue weighted by Gasteiger charge is 2.63. The van der Waals surface area contributed by atoms with Crippen LogP contribution in [-0.2, 0) is 37.3 Å². The molecular formula is C43H54N4O5. The quantitative estimate of drug-likeness (QED) is 0.219. The number of para-hydroxylation sites is 1. The van der Waals surface area contributed by atoms with E-state index in [0.717, 1.165) is 91.6 Å². The molecule has 10 rings (SSSR count). The van der Waals surface area contributed by atoms with Gasteiger partial charge < -0.3 is 29.1 Å². The zero-order chi connectivity index (χ0) is 36.1. The van der Waals surface area contributed by atoms with E-state index in [1.54, 1.807) is 21.3 Å². The Bertz CT molecular complexity index is 2050. The molecule has 2 aromatic carbocycles. The van der Waals surface area contributed by atoms with Crippen LogP contribution < -0.4 is 4.74 Å². The summed E-state index contributed by atoms with van der Waals surface area (Å²) in [5.41, 5.74) is 7.34. The molecule has 6 aliphatic rings. The maximum absolute atomic E-state index is 14.2. The topological polar surface area (TPSA) is 99.9 Å². The first-order chi connectivity index (χ1) is 25.3. The number of likely N-dealkylation sites (N-methyl/N-ethyl adjacent to an activating group) is 1. The highest BCUT2D eigenvalue weighted by molar-refractivity contribution is 5.93. The molecule has 0 spiro atoms. The normalized spacial score (nSPS) is 33.8. The third-order valence-electron chi connectivity index (χ3n) is 14.6. The molecule has 4 fully saturated rings. The average molecular weight is 707 g/mol. The third kappa shape index (κ3) is 4.73. The van der Waals surface area contributed by atoms with Crippen molar-refractivity contribution in [2.45, 2.75) is 82.2 Å². The Morgan fingerprint density at radius 2 is 1.73 bits per heavy atom. The van der Waals surface area contributed by atoms with Gasteiger partial charge in [0.2, 0.25) is 0 Å². The van der Waals surface area contributed by atoms with Gasteiger partial charge in [0.15, 0.2) is 0 Å². The van der Waals surface area contributed by atoms with E-state index in [4.69, 9.17) is 14.2 Å². The first-order valence-electron chi connectivity index (χ1n) is 19.7. The van der Waals surface area contributed by atoms with Crippen molar-refractivity contribution >= 4 is 33.7 Å². The molecule has 6 bridgehead atoms. The number of rotatable bonds is 6. The van der Waals surface area contributed by atoms with Crippen molar-refractivity contribution in [1.82, 2.24) is 19.8 Å². The van der Waals surface area contributed by atoms with Crippen molar-refractivity contribution in [2.75, 3.05) is 48.0 Å². The van der Waals surface area contributed by atoms with Crippen LogP contribution in [0.15, 0.2) is 36.4 Å². The third-order valence-corrected chi connectivity index (χ3v) is 14.6. The fourth-order valence-electron chi connectivity index (χ4n) is 12.4. The van der Waals surface area contributed by atoms with Gasteiger partial charge in [-0.3, -0.25) is 14.5 Å². The van der Waals surface area contributed by atoms with Crippen LogP contribution in [0, 0.1) is 29.6 Å². The number of aromatic amines is 2. The van der Waals surface area contributed by atoms with E-state index in [1.165, 1.54) is 28.6 Å². The van der Waals surface area contributed by atoms with Crippen molar-refractivity contribution in [3.05, 3.63) is 64.5 Å². The van der Waals surface area contributed by atoms with E-state index >= 15 is 0 Å². The molecule has 2 aromatic heterocycles. The van der Waals surface area contributed by atoms with Crippen molar-refractivity contribution in [3.8, 4) is 5.75 Å². The second kappa shape index (κ2) is 12.7. The average Bonchev–Trinajstić information content (AvgIpc) is 3.69. The van der Waals surface area contributed by atoms with Gasteiger partial charge in [0.05, 0.1) is 27.2 Å². The van der Waals surface area contributed by atoms with Crippen LogP contribution in [-0.4, -0.2) is 91.8 Å². The summed E-state index contributed by atoms with van der Waals surface area (Å²) in [7, 11) is 7.06. The van der Waals surface area contributed by atoms with Gasteiger partial charge in [-0.05, 0) is 92.1 Å². The smallest absolute Gasteiger partial charge is 0.319 e. The van der Waals surface area contributed by atoms with Crippen molar-refractivity contribution in [1.29, 1.82) is 0 Å². The van der Waals surface area contributed by atoms with Crippen molar-refractivity contribution in [2.24, 2.45) is 29.6 Å². The highest BCUT2D eigenvalue weighted by Crippen LogP contribution is 2.56. The summed E-state index contributed by atoms with van der Waals surface area (Å²) in [4.78, 5) is 40.9. The summed E-state index contributed by atoms with van der Waals surface area (Å²) < 4.78 is 17.7. The number of carbonyl (C=O) groups is 2. The van der Waals surface area contributed by atoms with Gasteiger partial charge in [0, 0.05) is 76.4 Å². The van der Waals surface area contributed by atoms with E-state index in [0.29, 0.717) is 17.8 Å². The zero-order valence-electron chi connectivity index (χ0n) is 31.6. The van der Waals surface area contributed by atoms with Gasteiger partial charge in [-0.25, -0.2) is 0 Å². The lowest BCUT2D eigenvalue weighted by Gasteiger charge is -2.57. The number of hydrogen-bond donors (Lipinski definition) is 2. The maximum atomic E-state index is 14.2. The standard InChI is InChI=1S/C43H54N4O5/c1-7-24-15-23-20-43(42(49)52-6)39-27(13-14-47(21-23)40(24)43)29-19-36(50-4)30(17-34(29)45-39)31-16-28-25(8-2)22-46(3)35(37(28)41(48)51-5)18-32-26-11-9-10-12-33(26)44-38(31)32/h9-12,17,19,23-25,28,31,35,37,40,44-45H,7-8,13-16,18,20-22H2,1-6H3/t23-,24+,25+,28+,31-,35+,37+,40+,43-/m1/s1. The monoisotopic (exact) mass is 706 g/mol. The molecule has 2 aliphatic carbocycles. The number of aromatic nitrogens is 2. The number of nitrogens with one attached hydrogen (secondary N) is 2. The second-order valence-corrected chi connectivity index (χ2v) is 16.7. The first kappa shape index (κ1) is 34.0. The predicted molar refractivity (Wildman–Crippen MR) is 202 cm³/mol. The largest absolute Gasteiger partial charge is 0.496 e. The number of nitrogens with zero attached hydrogens (tertiary/aromatic N) is 2. The molecule has 1 unspecified atom stereocenters. The summed E-state index contributed by atoms with van der Waals surface area (Å²) in [6.45, 7) is 7.49. The predicted octanol–water partition coefficient (Wildman–Crippen LogP) is 6.57. The Kier molecular flexibility index (Phi) is 8.27. The molecule has 9 heteroatoms. The Balaban J connectivity index is 1.26. The zero-order valence-corrected chi connectivity index (χ0v) is 31.6. The Morgan fingerprint density at radius 1 is 0.923 bits per heavy atom. The lowest BCUT2D eigenvalue weighted by Crippen LogP contribution is -2.67. The minimum atomic E-state index is -0.718. The minimum Gasteiger partial charge on any atom is -0.496 e. The number of likely N-dealkylation sites (tertiary alicyclic amines) is 1. The van der Waals surface area contributed by atoms with Gasteiger partial charge >= 0.3 is 11.9 Å². The van der Waals surface area contributed by atoms with Crippen LogP contribution in [0.25, 0.3) is 21.8 Å². The van der Waals surface area contributed by atoms with E-state index < -0.39 is 5.41 Å². The molecule has 276 valence electrons. The molecule has 4 aliphatic heterocycles. The number of hydrogen-bond acceptors (Lipinski definition) is 7. The Morgan fingerprint density at radius 3 is 2.48 bits per heavy atom. The van der Waals surface area contributed by atoms with Crippen LogP contribution in [0.2, 0.25) is 0 Å². The van der Waals surface area contributed by atoms with Gasteiger partial charge in [0.1, 0.15) is 11.2 Å². The van der Waals surface area contributed by atoms with E-state index in [9.17, 15) is 9.59 Å². The summed E-state index contributed by atoms with van der Waals surface area (Å²) in [5.74, 6) is 1.79. The molecule has 52 heavy (non-hydrogen) atoms. The second-order valence-electron chi connectivity index (χ2n) is 16.7. The molecule has 0 amide bonds. The van der Waals surface area contributed by atoms with Gasteiger partial charge in [-0.1, -0.05) is 44.9 Å². The number of ether oxygens (including phenoxy) is 3. The summed E-state index contributed by atoms with van der Waals surface area (Å²) >= 11 is 0. The summed E-state index contributed by atoms with van der Waals surface area (Å²) in [5, 5.41) is 2.35. The van der Waals surface area contributed by atoms with E-state index in [2.05, 4.69) is 77.1 Å². The van der Waals surface area contributed by atoms with Crippen LogP contribution in [0.4, 0.5) is 0 Å². The Hall–Kier alpha value is -3.82. The molecule has 9 nitrogen and oxygen atoms in total. The molecular weight excluding hydrogens is 652 g/mol. The fraction of sp³-hybridized carbons (Fsp3) is 0.581. The molecule has 1 saturated carbocycles. The minimum absolute atomic E-state index is 0.0411. The van der Waals surface area contributed by atoms with Crippen molar-refractivity contribution in [3.63, 3.8) is 0 Å². The maximum Gasteiger partial charge on any atom is 0.319 e. The van der Waals surface area contributed by atoms with Crippen LogP contribution >= 0.6 is 0 Å². The number of methoxy groups -OCH3 is 3. The number of fused-ring (bicyclic) bond motifs is 9. The first-order valence-corrected chi connectivity index (χ1v) is 19.7. The molecule has 0 radical (unpaired) electrons. The number of carbonyl (C=O) groups excluding carboxylic acids is 2. The van der Waals surface area contributed by atoms with Crippen molar-refractivity contribution < 1.29 is 23.8 Å². The summed E-state index contributed by atoms with van der Waals surface area (Å²) in [6, 6.07) is 13.3. The van der Waals surface area contributed by atoms with E-state index in [-0.39, 0.29) is 41.8 Å². The van der Waals surface area contributed by atoms with Crippen LogP contribution in [0.1, 0.15) is 79.9 Å². The van der Waals surface area contributed by atoms with Gasteiger partial charge in [0.25, 0.3) is 0 Å². The number of esters is 2. The lowest BCUT2D eigenvalue weighted by atomic mass is 9.56. The van der Waals surface area contributed by atoms with Crippen LogP contribution in [0.3, 0.4) is 0 Å². The molecule has 2 N–H and O–H groups in total. The van der Waals surface area contributed by atoms with Gasteiger partial charge in [-0.2, -0.15) is 0 Å². The number of benzene rings is 2. The van der Waals surface area contributed by atoms with E-state index in [1.807, 2.05) is 0 Å². The van der Waals surface area contributed by atoms with Gasteiger partial charge in [-0.15, -0.1) is 0 Å². The SMILES string of the molecule is CC[C@H]1CN(C)[C@H]2Cc3c([nH]c4ccccc34)[C@@H](c3cc4[nH]c5c(c4cc3OC)CCN3C[C@@H]4C[C@H](CC)[C@H]3[C@@]5(C(=O)OC)C4)C[C@@H]1[C@@H]2C(=O)OC. The molecule has 4 aromatic rings. The molecule has 10 atom stereocenters. The molecule has 3 saturated heterocycles. The highest BCUT2D eigenvalue weighted by atomic mass is 16.5. The number of H-pyrrole nitrogens is 2. The molecule has 6 heterocycles. The Labute approximate surface area is 306 Å².